The Morgan fingerprint density at radius 3 is 2.52 bits per heavy atom. The summed E-state index contributed by atoms with van der Waals surface area (Å²) in [6.07, 6.45) is 3.47. The van der Waals surface area contributed by atoms with Gasteiger partial charge in [-0.05, 0) is 38.0 Å². The van der Waals surface area contributed by atoms with Crippen LogP contribution in [-0.4, -0.2) is 41.0 Å². The zero-order chi connectivity index (χ0) is 19.4. The molecule has 2 amide bonds. The minimum absolute atomic E-state index is 0.0773. The summed E-state index contributed by atoms with van der Waals surface area (Å²) in [7, 11) is 0. The zero-order valence-corrected chi connectivity index (χ0v) is 14.7. The highest BCUT2D eigenvalue weighted by Gasteiger charge is 2.24. The van der Waals surface area contributed by atoms with E-state index in [-0.39, 0.29) is 29.1 Å². The summed E-state index contributed by atoms with van der Waals surface area (Å²) in [6, 6.07) is 5.02. The first-order valence-corrected chi connectivity index (χ1v) is 8.59. The van der Waals surface area contributed by atoms with E-state index in [0.717, 1.165) is 18.2 Å². The molecule has 2 heterocycles. The van der Waals surface area contributed by atoms with Crippen LogP contribution in [0.25, 0.3) is 6.08 Å². The van der Waals surface area contributed by atoms with Gasteiger partial charge in [-0.25, -0.2) is 8.78 Å². The van der Waals surface area contributed by atoms with Crippen LogP contribution in [0.1, 0.15) is 34.7 Å². The van der Waals surface area contributed by atoms with Crippen LogP contribution in [-0.2, 0) is 4.79 Å². The van der Waals surface area contributed by atoms with Crippen molar-refractivity contribution in [3.05, 3.63) is 59.0 Å². The van der Waals surface area contributed by atoms with E-state index >= 15 is 0 Å². The molecule has 1 saturated heterocycles. The van der Waals surface area contributed by atoms with Crippen molar-refractivity contribution < 1.29 is 22.9 Å². The van der Waals surface area contributed by atoms with Crippen molar-refractivity contribution in [1.82, 2.24) is 15.4 Å². The SMILES string of the molecule is Cc1cc(C(=O)NC2CCN(C(=O)C=Cc3c(F)cccc3F)CC2)no1. The highest BCUT2D eigenvalue weighted by Crippen LogP contribution is 2.16. The summed E-state index contributed by atoms with van der Waals surface area (Å²) in [5.41, 5.74) is -0.0169. The van der Waals surface area contributed by atoms with E-state index in [4.69, 9.17) is 4.52 Å². The van der Waals surface area contributed by atoms with Crippen molar-refractivity contribution in [3.63, 3.8) is 0 Å². The number of rotatable bonds is 4. The van der Waals surface area contributed by atoms with Gasteiger partial charge in [0.1, 0.15) is 17.4 Å². The van der Waals surface area contributed by atoms with Crippen LogP contribution in [0.15, 0.2) is 34.9 Å². The van der Waals surface area contributed by atoms with Crippen LogP contribution in [0, 0.1) is 18.6 Å². The van der Waals surface area contributed by atoms with Crippen LogP contribution in [0.4, 0.5) is 8.78 Å². The van der Waals surface area contributed by atoms with Crippen molar-refractivity contribution >= 4 is 17.9 Å². The smallest absolute Gasteiger partial charge is 0.273 e. The molecule has 142 valence electrons. The van der Waals surface area contributed by atoms with E-state index in [1.54, 1.807) is 17.9 Å². The van der Waals surface area contributed by atoms with Gasteiger partial charge in [-0.3, -0.25) is 9.59 Å². The van der Waals surface area contributed by atoms with E-state index in [2.05, 4.69) is 10.5 Å². The molecule has 0 atom stereocenters. The number of benzene rings is 1. The van der Waals surface area contributed by atoms with Crippen LogP contribution in [0.2, 0.25) is 0 Å². The second kappa shape index (κ2) is 8.11. The topological polar surface area (TPSA) is 75.4 Å². The fourth-order valence-electron chi connectivity index (χ4n) is 2.91. The fourth-order valence-corrected chi connectivity index (χ4v) is 2.91. The Bertz CT molecular complexity index is 851. The summed E-state index contributed by atoms with van der Waals surface area (Å²) in [5, 5.41) is 6.53. The first-order chi connectivity index (χ1) is 12.9. The third-order valence-electron chi connectivity index (χ3n) is 4.39. The third-order valence-corrected chi connectivity index (χ3v) is 4.39. The second-order valence-corrected chi connectivity index (χ2v) is 6.36. The predicted octanol–water partition coefficient (Wildman–Crippen LogP) is 2.70. The molecule has 6 nitrogen and oxygen atoms in total. The molecule has 1 aliphatic heterocycles. The lowest BCUT2D eigenvalue weighted by atomic mass is 10.0. The Morgan fingerprint density at radius 2 is 1.93 bits per heavy atom. The van der Waals surface area contributed by atoms with Gasteiger partial charge in [0.25, 0.3) is 5.91 Å². The Labute approximate surface area is 154 Å². The quantitative estimate of drug-likeness (QED) is 0.834. The molecule has 1 fully saturated rings. The van der Waals surface area contributed by atoms with Crippen LogP contribution in [0.3, 0.4) is 0 Å². The maximum absolute atomic E-state index is 13.6. The molecule has 3 rings (SSSR count). The van der Waals surface area contributed by atoms with Gasteiger partial charge in [-0.15, -0.1) is 0 Å². The highest BCUT2D eigenvalue weighted by molar-refractivity contribution is 5.93. The van der Waals surface area contributed by atoms with E-state index in [1.165, 1.54) is 12.1 Å². The summed E-state index contributed by atoms with van der Waals surface area (Å²) in [6.45, 7) is 2.58. The number of carbonyl (C=O) groups is 2. The Morgan fingerprint density at radius 1 is 1.26 bits per heavy atom. The molecule has 0 spiro atoms. The number of likely N-dealkylation sites (tertiary alicyclic amines) is 1. The van der Waals surface area contributed by atoms with Crippen LogP contribution < -0.4 is 5.32 Å². The number of halogens is 2. The van der Waals surface area contributed by atoms with Gasteiger partial charge in [0.15, 0.2) is 5.69 Å². The van der Waals surface area contributed by atoms with E-state index in [1.807, 2.05) is 0 Å². The number of hydrogen-bond donors (Lipinski definition) is 1. The van der Waals surface area contributed by atoms with Gasteiger partial charge in [0.05, 0.1) is 0 Å². The third kappa shape index (κ3) is 4.58. The van der Waals surface area contributed by atoms with Gasteiger partial charge in [-0.2, -0.15) is 0 Å². The summed E-state index contributed by atoms with van der Waals surface area (Å²) < 4.78 is 32.1. The van der Waals surface area contributed by atoms with Crippen molar-refractivity contribution in [2.75, 3.05) is 13.1 Å². The minimum Gasteiger partial charge on any atom is -0.361 e. The molecule has 1 N–H and O–H groups in total. The van der Waals surface area contributed by atoms with Gasteiger partial charge in [0.2, 0.25) is 5.91 Å². The van der Waals surface area contributed by atoms with E-state index < -0.39 is 11.6 Å². The Balaban J connectivity index is 1.52. The molecule has 0 saturated carbocycles. The number of aryl methyl sites for hydroxylation is 1. The number of nitrogens with one attached hydrogen (secondary N) is 1. The highest BCUT2D eigenvalue weighted by atomic mass is 19.1. The molecule has 8 heteroatoms. The number of aromatic nitrogens is 1. The fraction of sp³-hybridized carbons (Fsp3) is 0.316. The van der Waals surface area contributed by atoms with Crippen molar-refractivity contribution in [2.45, 2.75) is 25.8 Å². The average molecular weight is 375 g/mol. The van der Waals surface area contributed by atoms with Gasteiger partial charge >= 0.3 is 0 Å². The summed E-state index contributed by atoms with van der Waals surface area (Å²) in [5.74, 6) is -1.52. The van der Waals surface area contributed by atoms with Gasteiger partial charge in [0, 0.05) is 36.8 Å². The molecule has 27 heavy (non-hydrogen) atoms. The minimum atomic E-state index is -0.719. The van der Waals surface area contributed by atoms with E-state index in [0.29, 0.717) is 31.7 Å². The number of piperidine rings is 1. The lowest BCUT2D eigenvalue weighted by Gasteiger charge is -2.31. The molecule has 1 aromatic heterocycles. The van der Waals surface area contributed by atoms with E-state index in [9.17, 15) is 18.4 Å². The first-order valence-electron chi connectivity index (χ1n) is 8.59. The zero-order valence-electron chi connectivity index (χ0n) is 14.7. The molecule has 0 unspecified atom stereocenters. The van der Waals surface area contributed by atoms with Crippen molar-refractivity contribution in [2.24, 2.45) is 0 Å². The summed E-state index contributed by atoms with van der Waals surface area (Å²) >= 11 is 0. The van der Waals surface area contributed by atoms with Gasteiger partial charge < -0.3 is 14.7 Å². The van der Waals surface area contributed by atoms with Crippen molar-refractivity contribution in [1.29, 1.82) is 0 Å². The molecule has 1 aliphatic rings. The summed E-state index contributed by atoms with van der Waals surface area (Å²) in [4.78, 5) is 25.9. The monoisotopic (exact) mass is 375 g/mol. The maximum Gasteiger partial charge on any atom is 0.273 e. The standard InChI is InChI=1S/C19H19F2N3O3/c1-12-11-17(23-27-12)19(26)22-13-7-9-24(10-8-13)18(25)6-5-14-15(20)3-2-4-16(14)21/h2-6,11,13H,7-10H2,1H3,(H,22,26). The van der Waals surface area contributed by atoms with Crippen molar-refractivity contribution in [3.8, 4) is 0 Å². The second-order valence-electron chi connectivity index (χ2n) is 6.36. The molecule has 1 aromatic carbocycles. The average Bonchev–Trinajstić information content (AvgIpc) is 3.08. The number of amides is 2. The molecule has 0 bridgehead atoms. The predicted molar refractivity (Wildman–Crippen MR) is 93.7 cm³/mol. The van der Waals surface area contributed by atoms with Gasteiger partial charge in [-0.1, -0.05) is 11.2 Å². The Hall–Kier alpha value is -3.03. The lowest BCUT2D eigenvalue weighted by Crippen LogP contribution is -2.46. The molecular weight excluding hydrogens is 356 g/mol. The Kier molecular flexibility index (Phi) is 5.63. The lowest BCUT2D eigenvalue weighted by molar-refractivity contribution is -0.126. The largest absolute Gasteiger partial charge is 0.361 e. The number of nitrogens with zero attached hydrogens (tertiary/aromatic N) is 2. The normalized spacial score (nSPS) is 15.3. The van der Waals surface area contributed by atoms with Crippen LogP contribution >= 0.6 is 0 Å². The maximum atomic E-state index is 13.6. The molecule has 0 radical (unpaired) electrons. The number of carbonyl (C=O) groups excluding carboxylic acids is 2. The number of hydrogen-bond acceptors (Lipinski definition) is 4. The molecular formula is C19H19F2N3O3. The van der Waals surface area contributed by atoms with Crippen LogP contribution in [0.5, 0.6) is 0 Å². The molecule has 0 aliphatic carbocycles. The first kappa shape index (κ1) is 18.8. The molecule has 2 aromatic rings.